The first-order chi connectivity index (χ1) is 12.2. The van der Waals surface area contributed by atoms with Crippen molar-refractivity contribution >= 4 is 23.2 Å². The van der Waals surface area contributed by atoms with Gasteiger partial charge in [-0.25, -0.2) is 0 Å². The number of carbonyl (C=O) groups is 1. The second-order valence-electron chi connectivity index (χ2n) is 5.59. The molecule has 0 amide bonds. The predicted molar refractivity (Wildman–Crippen MR) is 96.8 cm³/mol. The van der Waals surface area contributed by atoms with Crippen molar-refractivity contribution < 1.29 is 19.0 Å². The maximum absolute atomic E-state index is 12.6. The van der Waals surface area contributed by atoms with Gasteiger partial charge in [-0.3, -0.25) is 4.79 Å². The molecular weight excluding hydrogens is 338 g/mol. The van der Waals surface area contributed by atoms with Gasteiger partial charge in [0.05, 0.1) is 17.8 Å². The number of thioether (sulfide) groups is 1. The molecule has 0 aromatic heterocycles. The summed E-state index contributed by atoms with van der Waals surface area (Å²) >= 11 is 1.57. The molecule has 0 atom stereocenters. The molecule has 4 rings (SSSR count). The number of fused-ring (bicyclic) bond motifs is 2. The monoisotopic (exact) mass is 355 g/mol. The Morgan fingerprint density at radius 1 is 1.24 bits per heavy atom. The second kappa shape index (κ2) is 6.37. The molecule has 2 aromatic rings. The van der Waals surface area contributed by atoms with E-state index in [0.29, 0.717) is 5.56 Å². The van der Waals surface area contributed by atoms with E-state index in [4.69, 9.17) is 14.2 Å². The van der Waals surface area contributed by atoms with Gasteiger partial charge in [-0.1, -0.05) is 11.8 Å². The van der Waals surface area contributed by atoms with E-state index in [1.54, 1.807) is 49.2 Å². The third-order valence-corrected chi connectivity index (χ3v) is 5.27. The molecule has 0 N–H and O–H groups in total. The molecule has 2 aliphatic rings. The lowest BCUT2D eigenvalue weighted by molar-refractivity contribution is 0.104. The molecule has 0 fully saturated rings. The Morgan fingerprint density at radius 2 is 1.96 bits per heavy atom. The first-order valence-electron chi connectivity index (χ1n) is 7.98. The summed E-state index contributed by atoms with van der Waals surface area (Å²) in [6, 6.07) is 11.1. The van der Waals surface area contributed by atoms with E-state index >= 15 is 0 Å². The number of rotatable bonds is 4. The Labute approximate surface area is 150 Å². The summed E-state index contributed by atoms with van der Waals surface area (Å²) in [5.41, 5.74) is 1.68. The molecule has 0 spiro atoms. The summed E-state index contributed by atoms with van der Waals surface area (Å²) in [6.45, 7) is 3.08. The topological polar surface area (TPSA) is 48.0 Å². The van der Waals surface area contributed by atoms with Crippen molar-refractivity contribution in [2.75, 3.05) is 25.3 Å². The first-order valence-corrected chi connectivity index (χ1v) is 8.80. The molecule has 0 saturated carbocycles. The van der Waals surface area contributed by atoms with Crippen LogP contribution in [0.15, 0.2) is 52.4 Å². The Kier molecular flexibility index (Phi) is 4.05. The Balaban J connectivity index is 1.63. The molecule has 128 valence electrons. The van der Waals surface area contributed by atoms with Crippen molar-refractivity contribution in [1.82, 2.24) is 0 Å². The lowest BCUT2D eigenvalue weighted by Crippen LogP contribution is -2.17. The summed E-state index contributed by atoms with van der Waals surface area (Å²) in [4.78, 5) is 15.8. The highest BCUT2D eigenvalue weighted by molar-refractivity contribution is 8.03. The summed E-state index contributed by atoms with van der Waals surface area (Å²) in [5, 5.41) is 0.905. The number of hydrogen-bond donors (Lipinski definition) is 0. The van der Waals surface area contributed by atoms with Gasteiger partial charge < -0.3 is 19.1 Å². The van der Waals surface area contributed by atoms with Crippen LogP contribution in [0, 0.1) is 0 Å². The molecule has 0 radical (unpaired) electrons. The number of nitrogens with zero attached hydrogens (tertiary/aromatic N) is 1. The highest BCUT2D eigenvalue weighted by Crippen LogP contribution is 2.51. The Hall–Kier alpha value is -2.60. The number of ketones is 1. The molecule has 0 saturated heterocycles. The van der Waals surface area contributed by atoms with Gasteiger partial charge in [0, 0.05) is 35.2 Å². The molecule has 0 bridgehead atoms. The summed E-state index contributed by atoms with van der Waals surface area (Å²) in [5.74, 6) is 2.21. The molecule has 2 heterocycles. The largest absolute Gasteiger partial charge is 0.497 e. The van der Waals surface area contributed by atoms with Crippen LogP contribution in [0.25, 0.3) is 0 Å². The number of methoxy groups -OCH3 is 1. The van der Waals surface area contributed by atoms with Gasteiger partial charge in [-0.15, -0.1) is 0 Å². The van der Waals surface area contributed by atoms with E-state index in [9.17, 15) is 4.79 Å². The second-order valence-corrected chi connectivity index (χ2v) is 6.66. The van der Waals surface area contributed by atoms with Crippen LogP contribution in [-0.4, -0.2) is 26.2 Å². The van der Waals surface area contributed by atoms with Gasteiger partial charge in [0.2, 0.25) is 6.79 Å². The van der Waals surface area contributed by atoms with Crippen LogP contribution >= 0.6 is 11.8 Å². The van der Waals surface area contributed by atoms with Crippen LogP contribution in [0.3, 0.4) is 0 Å². The average molecular weight is 355 g/mol. The third kappa shape index (κ3) is 2.82. The predicted octanol–water partition coefficient (Wildman–Crippen LogP) is 4.08. The molecule has 0 unspecified atom stereocenters. The molecule has 25 heavy (non-hydrogen) atoms. The highest BCUT2D eigenvalue weighted by Gasteiger charge is 2.28. The fourth-order valence-electron chi connectivity index (χ4n) is 2.88. The number of anilines is 1. The lowest BCUT2D eigenvalue weighted by Gasteiger charge is -2.18. The molecule has 2 aromatic carbocycles. The van der Waals surface area contributed by atoms with Gasteiger partial charge in [0.15, 0.2) is 17.3 Å². The van der Waals surface area contributed by atoms with E-state index < -0.39 is 0 Å². The van der Waals surface area contributed by atoms with Gasteiger partial charge in [0.25, 0.3) is 0 Å². The normalized spacial score (nSPS) is 16.2. The van der Waals surface area contributed by atoms with Gasteiger partial charge >= 0.3 is 0 Å². The van der Waals surface area contributed by atoms with Crippen molar-refractivity contribution in [3.05, 3.63) is 53.1 Å². The minimum Gasteiger partial charge on any atom is -0.497 e. The lowest BCUT2D eigenvalue weighted by atomic mass is 10.1. The summed E-state index contributed by atoms with van der Waals surface area (Å²) in [6.07, 6.45) is 1.68. The Morgan fingerprint density at radius 3 is 2.64 bits per heavy atom. The third-order valence-electron chi connectivity index (χ3n) is 4.17. The van der Waals surface area contributed by atoms with Crippen molar-refractivity contribution in [2.24, 2.45) is 0 Å². The van der Waals surface area contributed by atoms with Crippen LogP contribution in [-0.2, 0) is 0 Å². The first kappa shape index (κ1) is 15.9. The number of benzene rings is 2. The van der Waals surface area contributed by atoms with Crippen molar-refractivity contribution in [2.45, 2.75) is 11.8 Å². The zero-order chi connectivity index (χ0) is 17.4. The fraction of sp³-hybridized carbons (Fsp3) is 0.211. The maximum Gasteiger partial charge on any atom is 0.231 e. The standard InChI is InChI=1S/C19H17NO4S/c1-3-20-14-8-16-17(24-11-23-16)10-18(14)25-19(20)9-15(21)12-4-6-13(22-2)7-5-12/h4-10H,3,11H2,1-2H3/b19-9-. The number of ether oxygens (including phenoxy) is 3. The van der Waals surface area contributed by atoms with E-state index in [1.807, 2.05) is 12.1 Å². The van der Waals surface area contributed by atoms with Gasteiger partial charge in [0.1, 0.15) is 5.75 Å². The number of hydrogen-bond acceptors (Lipinski definition) is 6. The van der Waals surface area contributed by atoms with Crippen LogP contribution in [0.1, 0.15) is 17.3 Å². The highest BCUT2D eigenvalue weighted by atomic mass is 32.2. The quantitative estimate of drug-likeness (QED) is 0.608. The summed E-state index contributed by atoms with van der Waals surface area (Å²) < 4.78 is 16.1. The van der Waals surface area contributed by atoms with Gasteiger partial charge in [-0.05, 0) is 31.2 Å². The van der Waals surface area contributed by atoms with Crippen LogP contribution in [0.5, 0.6) is 17.2 Å². The zero-order valence-electron chi connectivity index (χ0n) is 13.9. The maximum atomic E-state index is 12.6. The van der Waals surface area contributed by atoms with E-state index in [1.165, 1.54) is 0 Å². The Bertz CT molecular complexity index is 860. The van der Waals surface area contributed by atoms with Crippen LogP contribution in [0.2, 0.25) is 0 Å². The molecule has 5 nitrogen and oxygen atoms in total. The van der Waals surface area contributed by atoms with E-state index in [2.05, 4.69) is 11.8 Å². The van der Waals surface area contributed by atoms with Crippen molar-refractivity contribution in [3.8, 4) is 17.2 Å². The van der Waals surface area contributed by atoms with E-state index in [0.717, 1.165) is 39.4 Å². The molecule has 0 aliphatic carbocycles. The minimum absolute atomic E-state index is 0.0311. The van der Waals surface area contributed by atoms with Gasteiger partial charge in [-0.2, -0.15) is 0 Å². The average Bonchev–Trinajstić information content (AvgIpc) is 3.22. The SMILES string of the molecule is CCN1/C(=C/C(=O)c2ccc(OC)cc2)Sc2cc3c(cc21)OCO3. The van der Waals surface area contributed by atoms with E-state index in [-0.39, 0.29) is 12.6 Å². The molecule has 2 aliphatic heterocycles. The number of allylic oxidation sites excluding steroid dienone is 1. The summed E-state index contributed by atoms with van der Waals surface area (Å²) in [7, 11) is 1.61. The van der Waals surface area contributed by atoms with Crippen molar-refractivity contribution in [3.63, 3.8) is 0 Å². The minimum atomic E-state index is -0.0311. The van der Waals surface area contributed by atoms with Crippen LogP contribution in [0.4, 0.5) is 5.69 Å². The molecular formula is C19H17NO4S. The van der Waals surface area contributed by atoms with Crippen LogP contribution < -0.4 is 19.1 Å². The molecule has 6 heteroatoms. The fourth-order valence-corrected chi connectivity index (χ4v) is 4.04. The number of carbonyl (C=O) groups excluding carboxylic acids is 1. The smallest absolute Gasteiger partial charge is 0.231 e. The zero-order valence-corrected chi connectivity index (χ0v) is 14.8. The van der Waals surface area contributed by atoms with Crippen molar-refractivity contribution in [1.29, 1.82) is 0 Å².